The molecule has 0 aliphatic rings. The topological polar surface area (TPSA) is 101 Å². The lowest BCUT2D eigenvalue weighted by Crippen LogP contribution is -2.38. The molecule has 1 amide bonds. The molecule has 7 nitrogen and oxygen atoms in total. The number of nitrogens with zero attached hydrogens (tertiary/aromatic N) is 2. The molecule has 2 rings (SSSR count). The van der Waals surface area contributed by atoms with E-state index in [4.69, 9.17) is 5.11 Å². The summed E-state index contributed by atoms with van der Waals surface area (Å²) >= 11 is 0. The number of aromatic nitrogens is 2. The Kier molecular flexibility index (Phi) is 4.88. The van der Waals surface area contributed by atoms with Crippen LogP contribution in [-0.4, -0.2) is 32.8 Å². The maximum absolute atomic E-state index is 12.2. The molecular weight excluding hydrogens is 286 g/mol. The van der Waals surface area contributed by atoms with Crippen molar-refractivity contribution in [3.63, 3.8) is 0 Å². The highest BCUT2D eigenvalue weighted by Crippen LogP contribution is 2.06. The summed E-state index contributed by atoms with van der Waals surface area (Å²) in [6.45, 7) is 1.53. The Hall–Kier alpha value is -2.70. The Bertz CT molecular complexity index is 754. The molecule has 0 saturated heterocycles. The number of amides is 1. The molecule has 0 aliphatic heterocycles. The minimum atomic E-state index is -0.909. The fourth-order valence-electron chi connectivity index (χ4n) is 2.11. The van der Waals surface area contributed by atoms with Crippen molar-refractivity contribution in [3.8, 4) is 0 Å². The minimum Gasteiger partial charge on any atom is -0.481 e. The molecule has 22 heavy (non-hydrogen) atoms. The van der Waals surface area contributed by atoms with Gasteiger partial charge in [0.1, 0.15) is 6.54 Å². The van der Waals surface area contributed by atoms with E-state index < -0.39 is 5.97 Å². The second kappa shape index (κ2) is 6.84. The molecule has 2 N–H and O–H groups in total. The predicted octanol–water partition coefficient (Wildman–Crippen LogP) is 0.766. The summed E-state index contributed by atoms with van der Waals surface area (Å²) in [6.07, 6.45) is 1.86. The highest BCUT2D eigenvalue weighted by atomic mass is 16.4. The Morgan fingerprint density at radius 3 is 2.82 bits per heavy atom. The quantitative estimate of drug-likeness (QED) is 0.820. The Balaban J connectivity index is 2.04. The zero-order valence-corrected chi connectivity index (χ0v) is 12.2. The predicted molar refractivity (Wildman–Crippen MR) is 80.5 cm³/mol. The summed E-state index contributed by atoms with van der Waals surface area (Å²) in [5.41, 5.74) is -0.327. The van der Waals surface area contributed by atoms with E-state index in [1.807, 2.05) is 6.07 Å². The van der Waals surface area contributed by atoms with Gasteiger partial charge in [0, 0.05) is 17.8 Å². The van der Waals surface area contributed by atoms with Gasteiger partial charge in [-0.25, -0.2) is 4.68 Å². The van der Waals surface area contributed by atoms with Crippen LogP contribution >= 0.6 is 0 Å². The van der Waals surface area contributed by atoms with Crippen LogP contribution in [0.3, 0.4) is 0 Å². The summed E-state index contributed by atoms with van der Waals surface area (Å²) in [5.74, 6) is -1.28. The highest BCUT2D eigenvalue weighted by molar-refractivity contribution is 5.81. The summed E-state index contributed by atoms with van der Waals surface area (Å²) in [4.78, 5) is 34.6. The van der Waals surface area contributed by atoms with Crippen molar-refractivity contribution < 1.29 is 14.7 Å². The standard InChI is InChI=1S/C15H17N3O4/c1-10(6-7-14(20)21)17-13(19)9-18-15(22)12-5-3-2-4-11(12)8-16-18/h2-5,8,10H,6-7,9H2,1H3,(H,17,19)(H,20,21). The monoisotopic (exact) mass is 303 g/mol. The van der Waals surface area contributed by atoms with E-state index in [0.29, 0.717) is 11.8 Å². The number of fused-ring (bicyclic) bond motifs is 1. The summed E-state index contributed by atoms with van der Waals surface area (Å²) in [5, 5.41) is 16.5. The molecule has 0 radical (unpaired) electrons. The van der Waals surface area contributed by atoms with Gasteiger partial charge in [-0.3, -0.25) is 14.4 Å². The van der Waals surface area contributed by atoms with Crippen molar-refractivity contribution in [1.29, 1.82) is 0 Å². The fourth-order valence-corrected chi connectivity index (χ4v) is 2.11. The van der Waals surface area contributed by atoms with Crippen LogP contribution in [0.25, 0.3) is 10.8 Å². The number of nitrogens with one attached hydrogen (secondary N) is 1. The van der Waals surface area contributed by atoms with E-state index in [0.717, 1.165) is 10.1 Å². The molecule has 0 aliphatic carbocycles. The number of carboxylic acids is 1. The normalized spacial score (nSPS) is 12.0. The van der Waals surface area contributed by atoms with Gasteiger partial charge in [0.2, 0.25) is 5.91 Å². The van der Waals surface area contributed by atoms with E-state index in [9.17, 15) is 14.4 Å². The molecule has 7 heteroatoms. The smallest absolute Gasteiger partial charge is 0.303 e. The van der Waals surface area contributed by atoms with Gasteiger partial charge in [-0.15, -0.1) is 0 Å². The van der Waals surface area contributed by atoms with Crippen molar-refractivity contribution in [2.24, 2.45) is 0 Å². The van der Waals surface area contributed by atoms with Crippen LogP contribution in [0, 0.1) is 0 Å². The van der Waals surface area contributed by atoms with Crippen molar-refractivity contribution in [3.05, 3.63) is 40.8 Å². The van der Waals surface area contributed by atoms with Crippen LogP contribution in [0.4, 0.5) is 0 Å². The van der Waals surface area contributed by atoms with Gasteiger partial charge in [0.15, 0.2) is 0 Å². The molecule has 1 atom stereocenters. The van der Waals surface area contributed by atoms with E-state index in [2.05, 4.69) is 10.4 Å². The number of carboxylic acid groups (broad SMARTS) is 1. The molecular formula is C15H17N3O4. The first-order valence-electron chi connectivity index (χ1n) is 6.93. The Morgan fingerprint density at radius 2 is 2.09 bits per heavy atom. The number of carbonyl (C=O) groups is 2. The number of rotatable bonds is 6. The average Bonchev–Trinajstić information content (AvgIpc) is 2.48. The largest absolute Gasteiger partial charge is 0.481 e. The Labute approximate surface area is 126 Å². The molecule has 1 aromatic carbocycles. The number of hydrogen-bond donors (Lipinski definition) is 2. The molecule has 0 bridgehead atoms. The maximum Gasteiger partial charge on any atom is 0.303 e. The summed E-state index contributed by atoms with van der Waals surface area (Å²) in [7, 11) is 0. The van der Waals surface area contributed by atoms with Crippen LogP contribution in [0.15, 0.2) is 35.3 Å². The molecule has 0 fully saturated rings. The molecule has 116 valence electrons. The van der Waals surface area contributed by atoms with Gasteiger partial charge in [-0.2, -0.15) is 5.10 Å². The molecule has 1 aromatic heterocycles. The van der Waals surface area contributed by atoms with Crippen LogP contribution in [-0.2, 0) is 16.1 Å². The first-order valence-corrected chi connectivity index (χ1v) is 6.93. The molecule has 0 saturated carbocycles. The highest BCUT2D eigenvalue weighted by Gasteiger charge is 2.12. The summed E-state index contributed by atoms with van der Waals surface area (Å²) in [6, 6.07) is 6.75. The first kappa shape index (κ1) is 15.7. The van der Waals surface area contributed by atoms with Crippen molar-refractivity contribution in [2.75, 3.05) is 0 Å². The number of aliphatic carboxylic acids is 1. The van der Waals surface area contributed by atoms with Crippen molar-refractivity contribution in [2.45, 2.75) is 32.4 Å². The van der Waals surface area contributed by atoms with Crippen LogP contribution < -0.4 is 10.9 Å². The maximum atomic E-state index is 12.2. The minimum absolute atomic E-state index is 0.0182. The molecule has 1 unspecified atom stereocenters. The van der Waals surface area contributed by atoms with Crippen molar-refractivity contribution >= 4 is 22.6 Å². The van der Waals surface area contributed by atoms with E-state index in [-0.39, 0.29) is 30.5 Å². The second-order valence-corrected chi connectivity index (χ2v) is 5.10. The fraction of sp³-hybridized carbons (Fsp3) is 0.333. The summed E-state index contributed by atoms with van der Waals surface area (Å²) < 4.78 is 1.10. The van der Waals surface area contributed by atoms with Gasteiger partial charge in [-0.05, 0) is 19.4 Å². The second-order valence-electron chi connectivity index (χ2n) is 5.10. The third kappa shape index (κ3) is 3.91. The molecule has 1 heterocycles. The number of hydrogen-bond acceptors (Lipinski definition) is 4. The average molecular weight is 303 g/mol. The number of carbonyl (C=O) groups excluding carboxylic acids is 1. The lowest BCUT2D eigenvalue weighted by atomic mass is 10.2. The van der Waals surface area contributed by atoms with Gasteiger partial charge in [-0.1, -0.05) is 18.2 Å². The van der Waals surface area contributed by atoms with E-state index in [1.165, 1.54) is 6.20 Å². The van der Waals surface area contributed by atoms with E-state index in [1.54, 1.807) is 25.1 Å². The zero-order chi connectivity index (χ0) is 16.1. The lowest BCUT2D eigenvalue weighted by Gasteiger charge is -2.13. The SMILES string of the molecule is CC(CCC(=O)O)NC(=O)Cn1ncc2ccccc2c1=O. The van der Waals surface area contributed by atoms with Gasteiger partial charge < -0.3 is 10.4 Å². The lowest BCUT2D eigenvalue weighted by molar-refractivity contribution is -0.137. The van der Waals surface area contributed by atoms with E-state index >= 15 is 0 Å². The third-order valence-electron chi connectivity index (χ3n) is 3.25. The molecule has 0 spiro atoms. The number of benzene rings is 1. The molecule has 2 aromatic rings. The van der Waals surface area contributed by atoms with Gasteiger partial charge in [0.25, 0.3) is 5.56 Å². The van der Waals surface area contributed by atoms with Crippen LogP contribution in [0.2, 0.25) is 0 Å². The van der Waals surface area contributed by atoms with Crippen molar-refractivity contribution in [1.82, 2.24) is 15.1 Å². The third-order valence-corrected chi connectivity index (χ3v) is 3.25. The Morgan fingerprint density at radius 1 is 1.36 bits per heavy atom. The zero-order valence-electron chi connectivity index (χ0n) is 12.2. The van der Waals surface area contributed by atoms with Crippen LogP contribution in [0.1, 0.15) is 19.8 Å². The van der Waals surface area contributed by atoms with Crippen LogP contribution in [0.5, 0.6) is 0 Å². The van der Waals surface area contributed by atoms with Gasteiger partial charge in [0.05, 0.1) is 11.6 Å². The first-order chi connectivity index (χ1) is 10.5. The van der Waals surface area contributed by atoms with Gasteiger partial charge >= 0.3 is 5.97 Å².